The summed E-state index contributed by atoms with van der Waals surface area (Å²) in [5, 5.41) is 6.36. The molecule has 5 nitrogen and oxygen atoms in total. The average molecular weight is 453 g/mol. The van der Waals surface area contributed by atoms with E-state index in [9.17, 15) is 9.18 Å². The number of carbonyl (C=O) groups excluding carboxylic acids is 1. The Kier molecular flexibility index (Phi) is 8.24. The molecule has 2 heterocycles. The molecule has 162 valence electrons. The molecule has 1 saturated heterocycles. The number of aryl methyl sites for hydroxylation is 2. The van der Waals surface area contributed by atoms with E-state index in [1.807, 2.05) is 36.7 Å². The fourth-order valence-electron chi connectivity index (χ4n) is 3.88. The molecule has 8 heteroatoms. The first-order chi connectivity index (χ1) is 13.5. The number of nitrogens with zero attached hydrogens (tertiary/aromatic N) is 2. The lowest BCUT2D eigenvalue weighted by atomic mass is 10.0. The molecule has 1 aliphatic rings. The van der Waals surface area contributed by atoms with Crippen molar-refractivity contribution in [2.75, 3.05) is 18.4 Å². The molecule has 0 spiro atoms. The summed E-state index contributed by atoms with van der Waals surface area (Å²) < 4.78 is 15.4. The number of fused-ring (bicyclic) bond motifs is 1. The summed E-state index contributed by atoms with van der Waals surface area (Å²) >= 11 is 0. The van der Waals surface area contributed by atoms with E-state index >= 15 is 0 Å². The minimum atomic E-state index is -0.292. The van der Waals surface area contributed by atoms with Gasteiger partial charge in [0.05, 0.1) is 11.0 Å². The van der Waals surface area contributed by atoms with Crippen molar-refractivity contribution in [1.29, 1.82) is 0 Å². The van der Waals surface area contributed by atoms with Crippen LogP contribution in [0.2, 0.25) is 0 Å². The highest BCUT2D eigenvalue weighted by Crippen LogP contribution is 2.27. The maximum absolute atomic E-state index is 13.5. The van der Waals surface area contributed by atoms with Gasteiger partial charge in [-0.15, -0.1) is 24.8 Å². The van der Waals surface area contributed by atoms with E-state index in [1.165, 1.54) is 12.1 Å². The van der Waals surface area contributed by atoms with Gasteiger partial charge in [-0.1, -0.05) is 0 Å². The number of nitrogens with one attached hydrogen (secondary N) is 2. The normalized spacial score (nSPS) is 15.5. The molecule has 0 saturated carbocycles. The number of benzene rings is 2. The van der Waals surface area contributed by atoms with Crippen molar-refractivity contribution < 1.29 is 9.18 Å². The highest BCUT2D eigenvalue weighted by Gasteiger charge is 2.16. The molecule has 4 rings (SSSR count). The Labute approximate surface area is 188 Å². The van der Waals surface area contributed by atoms with E-state index < -0.39 is 0 Å². The zero-order valence-corrected chi connectivity index (χ0v) is 18.7. The molecular formula is C22H27Cl2FN4O. The van der Waals surface area contributed by atoms with Crippen LogP contribution in [0.4, 0.5) is 10.1 Å². The number of hydrogen-bond acceptors (Lipinski definition) is 3. The molecule has 30 heavy (non-hydrogen) atoms. The van der Waals surface area contributed by atoms with E-state index in [0.717, 1.165) is 54.1 Å². The first-order valence-corrected chi connectivity index (χ1v) is 9.75. The van der Waals surface area contributed by atoms with Gasteiger partial charge in [-0.3, -0.25) is 4.79 Å². The van der Waals surface area contributed by atoms with Crippen LogP contribution in [0.25, 0.3) is 22.4 Å². The van der Waals surface area contributed by atoms with Crippen molar-refractivity contribution >= 4 is 47.4 Å². The van der Waals surface area contributed by atoms with Crippen molar-refractivity contribution in [2.45, 2.75) is 26.2 Å². The van der Waals surface area contributed by atoms with Crippen LogP contribution in [0, 0.1) is 18.7 Å². The molecule has 1 unspecified atom stereocenters. The van der Waals surface area contributed by atoms with E-state index in [4.69, 9.17) is 0 Å². The largest absolute Gasteiger partial charge is 0.327 e. The lowest BCUT2D eigenvalue weighted by Crippen LogP contribution is -2.15. The van der Waals surface area contributed by atoms with Gasteiger partial charge in [0.1, 0.15) is 11.6 Å². The third-order valence-electron chi connectivity index (χ3n) is 5.54. The van der Waals surface area contributed by atoms with Gasteiger partial charge in [-0.25, -0.2) is 9.37 Å². The second-order valence-corrected chi connectivity index (χ2v) is 7.60. The van der Waals surface area contributed by atoms with Crippen molar-refractivity contribution in [3.05, 3.63) is 47.8 Å². The van der Waals surface area contributed by atoms with Gasteiger partial charge in [0.2, 0.25) is 5.91 Å². The molecule has 0 aliphatic carbocycles. The van der Waals surface area contributed by atoms with Gasteiger partial charge in [0.25, 0.3) is 0 Å². The summed E-state index contributed by atoms with van der Waals surface area (Å²) in [6.45, 7) is 4.05. The van der Waals surface area contributed by atoms with Crippen LogP contribution in [0.1, 0.15) is 24.8 Å². The average Bonchev–Trinajstić information content (AvgIpc) is 3.30. The SMILES string of the molecule is Cc1cc(-c2nc3cc(F)ccc3n2C)ccc1NC(=O)CCC1CCNC1.Cl.Cl. The Morgan fingerprint density at radius 2 is 2.07 bits per heavy atom. The smallest absolute Gasteiger partial charge is 0.224 e. The molecule has 1 amide bonds. The van der Waals surface area contributed by atoms with Crippen molar-refractivity contribution in [1.82, 2.24) is 14.9 Å². The first-order valence-electron chi connectivity index (χ1n) is 9.75. The van der Waals surface area contributed by atoms with Gasteiger partial charge < -0.3 is 15.2 Å². The maximum atomic E-state index is 13.5. The number of hydrogen-bond donors (Lipinski definition) is 2. The summed E-state index contributed by atoms with van der Waals surface area (Å²) in [6.07, 6.45) is 2.62. The predicted octanol–water partition coefficient (Wildman–Crippen LogP) is 4.86. The van der Waals surface area contributed by atoms with E-state index in [2.05, 4.69) is 15.6 Å². The fraction of sp³-hybridized carbons (Fsp3) is 0.364. The highest BCUT2D eigenvalue weighted by molar-refractivity contribution is 5.92. The zero-order valence-electron chi connectivity index (χ0n) is 17.1. The Morgan fingerprint density at radius 1 is 1.27 bits per heavy atom. The summed E-state index contributed by atoms with van der Waals surface area (Å²) in [5.74, 6) is 1.15. The van der Waals surface area contributed by atoms with Crippen LogP contribution in [0.3, 0.4) is 0 Å². The summed E-state index contributed by atoms with van der Waals surface area (Å²) in [4.78, 5) is 16.9. The van der Waals surface area contributed by atoms with Crippen LogP contribution in [-0.2, 0) is 11.8 Å². The Morgan fingerprint density at radius 3 is 2.77 bits per heavy atom. The van der Waals surface area contributed by atoms with Gasteiger partial charge in [-0.05, 0) is 74.7 Å². The monoisotopic (exact) mass is 452 g/mol. The minimum Gasteiger partial charge on any atom is -0.327 e. The summed E-state index contributed by atoms with van der Waals surface area (Å²) in [6, 6.07) is 10.5. The van der Waals surface area contributed by atoms with Crippen molar-refractivity contribution in [3.63, 3.8) is 0 Å². The summed E-state index contributed by atoms with van der Waals surface area (Å²) in [5.41, 5.74) is 4.25. The van der Waals surface area contributed by atoms with Crippen LogP contribution < -0.4 is 10.6 Å². The molecule has 2 aromatic carbocycles. The molecule has 1 aliphatic heterocycles. The molecule has 1 fully saturated rings. The van der Waals surface area contributed by atoms with Gasteiger partial charge in [0.15, 0.2) is 0 Å². The molecule has 1 atom stereocenters. The Hall–Kier alpha value is -2.15. The number of halogens is 3. The Bertz CT molecular complexity index is 1030. The molecule has 2 N–H and O–H groups in total. The number of amides is 1. The van der Waals surface area contributed by atoms with Crippen LogP contribution >= 0.6 is 24.8 Å². The third-order valence-corrected chi connectivity index (χ3v) is 5.54. The molecule has 1 aromatic heterocycles. The molecular weight excluding hydrogens is 426 g/mol. The van der Waals surface area contributed by atoms with E-state index in [1.54, 1.807) is 6.07 Å². The number of rotatable bonds is 5. The zero-order chi connectivity index (χ0) is 19.7. The Balaban J connectivity index is 0.00000160. The molecule has 0 radical (unpaired) electrons. The standard InChI is InChI=1S/C22H25FN4O.2ClH/c1-14-11-16(22-26-19-12-17(23)5-7-20(19)27(22)2)4-6-18(14)25-21(28)8-3-15-9-10-24-13-15;;/h4-7,11-12,15,24H,3,8-10,13H2,1-2H3,(H,25,28);2*1H. The van der Waals surface area contributed by atoms with Crippen molar-refractivity contribution in [3.8, 4) is 11.4 Å². The van der Waals surface area contributed by atoms with Crippen molar-refractivity contribution in [2.24, 2.45) is 13.0 Å². The lowest BCUT2D eigenvalue weighted by molar-refractivity contribution is -0.116. The van der Waals surface area contributed by atoms with Crippen LogP contribution in [-0.4, -0.2) is 28.5 Å². The highest BCUT2D eigenvalue weighted by atomic mass is 35.5. The van der Waals surface area contributed by atoms with Gasteiger partial charge in [0, 0.05) is 30.8 Å². The van der Waals surface area contributed by atoms with Crippen LogP contribution in [0.5, 0.6) is 0 Å². The second kappa shape index (κ2) is 10.2. The fourth-order valence-corrected chi connectivity index (χ4v) is 3.88. The number of imidazole rings is 1. The van der Waals surface area contributed by atoms with E-state index in [0.29, 0.717) is 17.9 Å². The quantitative estimate of drug-likeness (QED) is 0.580. The number of anilines is 1. The number of carbonyl (C=O) groups is 1. The maximum Gasteiger partial charge on any atom is 0.224 e. The van der Waals surface area contributed by atoms with Gasteiger partial charge >= 0.3 is 0 Å². The van der Waals surface area contributed by atoms with Gasteiger partial charge in [-0.2, -0.15) is 0 Å². The lowest BCUT2D eigenvalue weighted by Gasteiger charge is -2.12. The first kappa shape index (κ1) is 24.1. The van der Waals surface area contributed by atoms with E-state index in [-0.39, 0.29) is 36.5 Å². The molecule has 3 aromatic rings. The minimum absolute atomic E-state index is 0. The predicted molar refractivity (Wildman–Crippen MR) is 124 cm³/mol. The number of aromatic nitrogens is 2. The second-order valence-electron chi connectivity index (χ2n) is 7.60. The third kappa shape index (κ3) is 5.12. The topological polar surface area (TPSA) is 59.0 Å². The molecule has 0 bridgehead atoms. The van der Waals surface area contributed by atoms with Crippen LogP contribution in [0.15, 0.2) is 36.4 Å². The summed E-state index contributed by atoms with van der Waals surface area (Å²) in [7, 11) is 1.92.